The average Bonchev–Trinajstić information content (AvgIpc) is 2.42. The summed E-state index contributed by atoms with van der Waals surface area (Å²) >= 11 is 0. The van der Waals surface area contributed by atoms with E-state index < -0.39 is 0 Å². The zero-order chi connectivity index (χ0) is 14.3. The largest absolute Gasteiger partial charge is 0.493 e. The van der Waals surface area contributed by atoms with Crippen molar-refractivity contribution in [2.75, 3.05) is 20.8 Å². The zero-order valence-electron chi connectivity index (χ0n) is 12.4. The molecule has 1 rings (SSSR count). The van der Waals surface area contributed by atoms with Crippen molar-refractivity contribution < 1.29 is 18.9 Å². The predicted molar refractivity (Wildman–Crippen MR) is 74.6 cm³/mol. The van der Waals surface area contributed by atoms with Crippen LogP contribution >= 0.6 is 0 Å². The van der Waals surface area contributed by atoms with E-state index in [1.165, 1.54) is 0 Å². The zero-order valence-corrected chi connectivity index (χ0v) is 12.4. The van der Waals surface area contributed by atoms with Gasteiger partial charge in [0, 0.05) is 5.56 Å². The van der Waals surface area contributed by atoms with Gasteiger partial charge in [-0.15, -0.1) is 0 Å². The summed E-state index contributed by atoms with van der Waals surface area (Å²) in [5.41, 5.74) is 0.946. The first-order chi connectivity index (χ1) is 9.08. The molecule has 0 aliphatic rings. The van der Waals surface area contributed by atoms with Crippen LogP contribution in [-0.4, -0.2) is 27.1 Å². The first-order valence-corrected chi connectivity index (χ1v) is 6.51. The number of hydrogen-bond donors (Lipinski definition) is 0. The van der Waals surface area contributed by atoms with E-state index in [9.17, 15) is 0 Å². The van der Waals surface area contributed by atoms with Gasteiger partial charge >= 0.3 is 0 Å². The van der Waals surface area contributed by atoms with Crippen LogP contribution in [0.15, 0.2) is 18.2 Å². The second-order valence-corrected chi connectivity index (χ2v) is 4.76. The smallest absolute Gasteiger partial charge is 0.166 e. The molecule has 0 heterocycles. The van der Waals surface area contributed by atoms with E-state index in [1.807, 2.05) is 25.1 Å². The third-order valence-corrected chi connectivity index (χ3v) is 2.62. The molecule has 0 saturated heterocycles. The highest BCUT2D eigenvalue weighted by Crippen LogP contribution is 2.31. The quantitative estimate of drug-likeness (QED) is 0.678. The molecule has 1 aromatic carbocycles. The minimum absolute atomic E-state index is 0.238. The Labute approximate surface area is 115 Å². The monoisotopic (exact) mass is 268 g/mol. The van der Waals surface area contributed by atoms with Crippen LogP contribution in [0.5, 0.6) is 11.5 Å². The summed E-state index contributed by atoms with van der Waals surface area (Å²) in [6.45, 7) is 7.24. The molecule has 1 aromatic rings. The first kappa shape index (κ1) is 15.8. The topological polar surface area (TPSA) is 36.9 Å². The summed E-state index contributed by atoms with van der Waals surface area (Å²) in [7, 11) is 3.25. The molecule has 0 aliphatic carbocycles. The minimum atomic E-state index is -0.238. The molecule has 1 atom stereocenters. The highest BCUT2D eigenvalue weighted by Gasteiger charge is 2.11. The van der Waals surface area contributed by atoms with Gasteiger partial charge in [-0.2, -0.15) is 0 Å². The average molecular weight is 268 g/mol. The van der Waals surface area contributed by atoms with Gasteiger partial charge in [0.15, 0.2) is 17.8 Å². The molecule has 19 heavy (non-hydrogen) atoms. The lowest BCUT2D eigenvalue weighted by Gasteiger charge is -2.17. The molecule has 0 unspecified atom stereocenters. The van der Waals surface area contributed by atoms with Crippen molar-refractivity contribution in [2.45, 2.75) is 33.7 Å². The lowest BCUT2D eigenvalue weighted by atomic mass is 10.2. The summed E-state index contributed by atoms with van der Waals surface area (Å²) in [4.78, 5) is 0. The van der Waals surface area contributed by atoms with Crippen LogP contribution in [0.25, 0.3) is 0 Å². The Balaban J connectivity index is 2.57. The van der Waals surface area contributed by atoms with Crippen molar-refractivity contribution in [1.29, 1.82) is 0 Å². The Kier molecular flexibility index (Phi) is 6.67. The maximum absolute atomic E-state index is 5.66. The third kappa shape index (κ3) is 5.09. The molecule has 0 N–H and O–H groups in total. The molecule has 0 aromatic heterocycles. The fraction of sp³-hybridized carbons (Fsp3) is 0.600. The van der Waals surface area contributed by atoms with Gasteiger partial charge in [-0.1, -0.05) is 26.0 Å². The fourth-order valence-electron chi connectivity index (χ4n) is 1.65. The normalized spacial score (nSPS) is 12.5. The van der Waals surface area contributed by atoms with Crippen LogP contribution in [0.1, 0.15) is 26.3 Å². The second kappa shape index (κ2) is 8.02. The Bertz CT molecular complexity index is 376. The molecule has 0 fully saturated rings. The summed E-state index contributed by atoms with van der Waals surface area (Å²) in [5.74, 6) is 1.91. The van der Waals surface area contributed by atoms with E-state index in [4.69, 9.17) is 18.9 Å². The van der Waals surface area contributed by atoms with E-state index in [1.54, 1.807) is 14.2 Å². The Morgan fingerprint density at radius 2 is 1.74 bits per heavy atom. The number of hydrogen-bond acceptors (Lipinski definition) is 4. The van der Waals surface area contributed by atoms with Gasteiger partial charge in [0.2, 0.25) is 0 Å². The van der Waals surface area contributed by atoms with Crippen LogP contribution in [-0.2, 0) is 16.1 Å². The first-order valence-electron chi connectivity index (χ1n) is 6.51. The van der Waals surface area contributed by atoms with Gasteiger partial charge in [0.05, 0.1) is 27.4 Å². The van der Waals surface area contributed by atoms with Crippen molar-refractivity contribution in [2.24, 2.45) is 5.92 Å². The lowest BCUT2D eigenvalue weighted by molar-refractivity contribution is -0.143. The number of rotatable bonds is 8. The Morgan fingerprint density at radius 1 is 1.00 bits per heavy atom. The molecular weight excluding hydrogens is 244 g/mol. The van der Waals surface area contributed by atoms with Crippen molar-refractivity contribution in [3.63, 3.8) is 0 Å². The van der Waals surface area contributed by atoms with Crippen LogP contribution in [0.2, 0.25) is 0 Å². The van der Waals surface area contributed by atoms with Crippen LogP contribution < -0.4 is 9.47 Å². The maximum Gasteiger partial charge on any atom is 0.166 e. The van der Waals surface area contributed by atoms with Crippen molar-refractivity contribution >= 4 is 0 Å². The summed E-state index contributed by atoms with van der Waals surface area (Å²) in [5, 5.41) is 0. The fourth-order valence-corrected chi connectivity index (χ4v) is 1.65. The molecular formula is C15H24O4. The molecule has 4 heteroatoms. The van der Waals surface area contributed by atoms with Crippen LogP contribution in [0, 0.1) is 5.92 Å². The molecule has 0 saturated carbocycles. The third-order valence-electron chi connectivity index (χ3n) is 2.62. The maximum atomic E-state index is 5.66. The lowest BCUT2D eigenvalue weighted by Crippen LogP contribution is -2.16. The highest BCUT2D eigenvalue weighted by molar-refractivity contribution is 5.46. The van der Waals surface area contributed by atoms with E-state index >= 15 is 0 Å². The summed E-state index contributed by atoms with van der Waals surface area (Å²) < 4.78 is 21.8. The summed E-state index contributed by atoms with van der Waals surface area (Å²) in [6, 6.07) is 5.73. The molecule has 0 spiro atoms. The van der Waals surface area contributed by atoms with E-state index in [0.29, 0.717) is 30.6 Å². The standard InChI is InChI=1S/C15H24O4/c1-11(2)9-18-12(3)19-10-13-7-6-8-14(16-4)15(13)17-5/h6-8,11-12H,9-10H2,1-5H3/t12-/m0/s1. The van der Waals surface area contributed by atoms with Crippen molar-refractivity contribution in [3.8, 4) is 11.5 Å². The van der Waals surface area contributed by atoms with E-state index in [-0.39, 0.29) is 6.29 Å². The van der Waals surface area contributed by atoms with E-state index in [2.05, 4.69) is 13.8 Å². The van der Waals surface area contributed by atoms with Gasteiger partial charge in [-0.25, -0.2) is 0 Å². The summed E-state index contributed by atoms with van der Waals surface area (Å²) in [6.07, 6.45) is -0.238. The molecule has 0 bridgehead atoms. The van der Waals surface area contributed by atoms with Crippen LogP contribution in [0.3, 0.4) is 0 Å². The highest BCUT2D eigenvalue weighted by atomic mass is 16.7. The van der Waals surface area contributed by atoms with Gasteiger partial charge in [-0.05, 0) is 18.9 Å². The Morgan fingerprint density at radius 3 is 2.32 bits per heavy atom. The van der Waals surface area contributed by atoms with Crippen LogP contribution in [0.4, 0.5) is 0 Å². The number of methoxy groups -OCH3 is 2. The van der Waals surface area contributed by atoms with Crippen molar-refractivity contribution in [3.05, 3.63) is 23.8 Å². The van der Waals surface area contributed by atoms with Gasteiger partial charge in [0.1, 0.15) is 0 Å². The van der Waals surface area contributed by atoms with Gasteiger partial charge < -0.3 is 18.9 Å². The molecule has 0 radical (unpaired) electrons. The molecule has 108 valence electrons. The Hall–Kier alpha value is -1.26. The van der Waals surface area contributed by atoms with Gasteiger partial charge in [-0.3, -0.25) is 0 Å². The number of benzene rings is 1. The minimum Gasteiger partial charge on any atom is -0.493 e. The molecule has 0 aliphatic heterocycles. The second-order valence-electron chi connectivity index (χ2n) is 4.76. The van der Waals surface area contributed by atoms with Gasteiger partial charge in [0.25, 0.3) is 0 Å². The molecule has 0 amide bonds. The number of ether oxygens (including phenoxy) is 4. The van der Waals surface area contributed by atoms with Crippen molar-refractivity contribution in [1.82, 2.24) is 0 Å². The van der Waals surface area contributed by atoms with E-state index in [0.717, 1.165) is 5.56 Å². The number of para-hydroxylation sites is 1. The molecule has 4 nitrogen and oxygen atoms in total. The predicted octanol–water partition coefficient (Wildman–Crippen LogP) is 3.24. The SMILES string of the molecule is COc1cccc(CO[C@@H](C)OCC(C)C)c1OC.